The van der Waals surface area contributed by atoms with Gasteiger partial charge in [-0.1, -0.05) is 11.8 Å². The Hall–Kier alpha value is -2.79. The van der Waals surface area contributed by atoms with Gasteiger partial charge in [0.05, 0.1) is 41.5 Å². The first-order chi connectivity index (χ1) is 15.5. The second-order valence-corrected chi connectivity index (χ2v) is 8.62. The maximum atomic E-state index is 13.3. The molecule has 0 atom stereocenters. The van der Waals surface area contributed by atoms with Crippen molar-refractivity contribution in [2.45, 2.75) is 32.0 Å². The molecule has 2 heterocycles. The number of primary amides is 1. The highest BCUT2D eigenvalue weighted by molar-refractivity contribution is 8.00. The van der Waals surface area contributed by atoms with Crippen LogP contribution >= 0.6 is 11.8 Å². The molecule has 1 aliphatic heterocycles. The molecule has 2 amide bonds. The molecule has 3 N–H and O–H groups in total. The number of aryl methyl sites for hydroxylation is 1. The second-order valence-electron chi connectivity index (χ2n) is 7.66. The molecule has 0 bridgehead atoms. The zero-order valence-electron chi connectivity index (χ0n) is 18.5. The molecule has 33 heavy (non-hydrogen) atoms. The topological polar surface area (TPSA) is 97.6 Å². The number of hydrogen-bond donors (Lipinski definition) is 2. The Morgan fingerprint density at radius 3 is 2.45 bits per heavy atom. The molecular weight excluding hydrogens is 457 g/mol. The van der Waals surface area contributed by atoms with Crippen molar-refractivity contribution in [3.63, 3.8) is 0 Å². The summed E-state index contributed by atoms with van der Waals surface area (Å²) in [6.07, 6.45) is -4.55. The number of halogens is 3. The fourth-order valence-electron chi connectivity index (χ4n) is 3.52. The lowest BCUT2D eigenvalue weighted by molar-refractivity contribution is -0.137. The van der Waals surface area contributed by atoms with Gasteiger partial charge in [-0.05, 0) is 50.1 Å². The summed E-state index contributed by atoms with van der Waals surface area (Å²) in [7, 11) is 0. The average Bonchev–Trinajstić information content (AvgIpc) is 2.75. The van der Waals surface area contributed by atoms with Crippen LogP contribution in [0.1, 0.15) is 32.7 Å². The zero-order chi connectivity index (χ0) is 24.3. The van der Waals surface area contributed by atoms with Crippen LogP contribution in [-0.4, -0.2) is 48.9 Å². The Labute approximate surface area is 193 Å². The number of ether oxygens (including phenoxy) is 1. The Morgan fingerprint density at radius 1 is 1.18 bits per heavy atom. The number of rotatable bonds is 6. The maximum Gasteiger partial charge on any atom is 0.416 e. The molecule has 0 spiro atoms. The summed E-state index contributed by atoms with van der Waals surface area (Å²) in [6, 6.07) is 3.28. The van der Waals surface area contributed by atoms with Gasteiger partial charge in [-0.3, -0.25) is 9.59 Å². The number of hydrogen-bond acceptors (Lipinski definition) is 6. The quantitative estimate of drug-likeness (QED) is 0.610. The molecule has 1 saturated heterocycles. The van der Waals surface area contributed by atoms with Gasteiger partial charge in [0.25, 0.3) is 5.91 Å². The van der Waals surface area contributed by atoms with E-state index in [1.165, 1.54) is 6.07 Å². The molecule has 1 aliphatic rings. The van der Waals surface area contributed by atoms with Crippen LogP contribution in [0.25, 0.3) is 0 Å². The third-order valence-corrected chi connectivity index (χ3v) is 6.47. The Bertz CT molecular complexity index is 1070. The van der Waals surface area contributed by atoms with Crippen LogP contribution in [0.4, 0.5) is 24.5 Å². The summed E-state index contributed by atoms with van der Waals surface area (Å²) < 4.78 is 45.1. The predicted octanol–water partition coefficient (Wildman–Crippen LogP) is 3.69. The van der Waals surface area contributed by atoms with Gasteiger partial charge in [0, 0.05) is 18.8 Å². The number of benzene rings is 1. The zero-order valence-corrected chi connectivity index (χ0v) is 19.3. The van der Waals surface area contributed by atoms with E-state index < -0.39 is 23.6 Å². The largest absolute Gasteiger partial charge is 0.416 e. The summed E-state index contributed by atoms with van der Waals surface area (Å²) in [5, 5.41) is 2.91. The van der Waals surface area contributed by atoms with Crippen LogP contribution in [0.5, 0.6) is 0 Å². The summed E-state index contributed by atoms with van der Waals surface area (Å²) >= 11 is 1.01. The van der Waals surface area contributed by atoms with Crippen molar-refractivity contribution in [2.75, 3.05) is 42.3 Å². The van der Waals surface area contributed by atoms with E-state index in [0.29, 0.717) is 48.3 Å². The highest BCUT2D eigenvalue weighted by Crippen LogP contribution is 2.36. The Morgan fingerprint density at radius 2 is 1.85 bits per heavy atom. The summed E-state index contributed by atoms with van der Waals surface area (Å²) in [5.41, 5.74) is 7.66. The van der Waals surface area contributed by atoms with Crippen LogP contribution in [0.15, 0.2) is 23.2 Å². The first-order valence-electron chi connectivity index (χ1n) is 10.2. The number of alkyl halides is 3. The van der Waals surface area contributed by atoms with Gasteiger partial charge in [0.2, 0.25) is 5.91 Å². The molecule has 2 aromatic rings. The minimum Gasteiger partial charge on any atom is -0.378 e. The minimum atomic E-state index is -4.55. The smallest absolute Gasteiger partial charge is 0.378 e. The van der Waals surface area contributed by atoms with Crippen molar-refractivity contribution < 1.29 is 27.5 Å². The summed E-state index contributed by atoms with van der Waals surface area (Å²) in [4.78, 5) is 30.9. The number of anilines is 2. The highest BCUT2D eigenvalue weighted by atomic mass is 32.2. The van der Waals surface area contributed by atoms with Crippen molar-refractivity contribution in [1.29, 1.82) is 0 Å². The van der Waals surface area contributed by atoms with Crippen LogP contribution < -0.4 is 16.0 Å². The SMILES string of the molecule is Cc1nc(SCC(=O)Nc2cc(C(F)(F)F)ccc2N2CCOCC2)c(C(N)=O)c(C)c1C. The monoisotopic (exact) mass is 482 g/mol. The van der Waals surface area contributed by atoms with Gasteiger partial charge in [-0.15, -0.1) is 0 Å². The highest BCUT2D eigenvalue weighted by Gasteiger charge is 2.32. The third kappa shape index (κ3) is 5.77. The second kappa shape index (κ2) is 10.0. The molecule has 7 nitrogen and oxygen atoms in total. The van der Waals surface area contributed by atoms with E-state index in [4.69, 9.17) is 10.5 Å². The van der Waals surface area contributed by atoms with Gasteiger partial charge in [0.15, 0.2) is 0 Å². The lowest BCUT2D eigenvalue weighted by Gasteiger charge is -2.31. The molecule has 1 aromatic heterocycles. The molecule has 0 radical (unpaired) electrons. The van der Waals surface area contributed by atoms with Gasteiger partial charge < -0.3 is 20.7 Å². The number of aromatic nitrogens is 1. The van der Waals surface area contributed by atoms with Crippen molar-refractivity contribution in [1.82, 2.24) is 4.98 Å². The predicted molar refractivity (Wildman–Crippen MR) is 121 cm³/mol. The van der Waals surface area contributed by atoms with E-state index in [1.807, 2.05) is 11.8 Å². The van der Waals surface area contributed by atoms with E-state index >= 15 is 0 Å². The van der Waals surface area contributed by atoms with Crippen molar-refractivity contribution in [3.05, 3.63) is 46.1 Å². The van der Waals surface area contributed by atoms with Gasteiger partial charge in [-0.25, -0.2) is 4.98 Å². The van der Waals surface area contributed by atoms with Crippen LogP contribution in [0.2, 0.25) is 0 Å². The first-order valence-corrected chi connectivity index (χ1v) is 11.2. The Kier molecular flexibility index (Phi) is 7.53. The number of pyridine rings is 1. The molecule has 0 saturated carbocycles. The number of carbonyl (C=O) groups is 2. The lowest BCUT2D eigenvalue weighted by atomic mass is 10.0. The normalized spacial score (nSPS) is 14.3. The Balaban J connectivity index is 1.83. The van der Waals surface area contributed by atoms with E-state index in [-0.39, 0.29) is 17.0 Å². The van der Waals surface area contributed by atoms with Crippen LogP contribution in [0, 0.1) is 20.8 Å². The maximum absolute atomic E-state index is 13.3. The molecule has 1 aromatic carbocycles. The summed E-state index contributed by atoms with van der Waals surface area (Å²) in [6.45, 7) is 7.25. The number of nitrogens with zero attached hydrogens (tertiary/aromatic N) is 2. The van der Waals surface area contributed by atoms with E-state index in [1.54, 1.807) is 13.8 Å². The van der Waals surface area contributed by atoms with Gasteiger partial charge in [0.1, 0.15) is 5.03 Å². The van der Waals surface area contributed by atoms with Crippen molar-refractivity contribution in [3.8, 4) is 0 Å². The average molecular weight is 483 g/mol. The minimum absolute atomic E-state index is 0.0664. The van der Waals surface area contributed by atoms with Crippen LogP contribution in [0.3, 0.4) is 0 Å². The van der Waals surface area contributed by atoms with Crippen molar-refractivity contribution >= 4 is 35.0 Å². The number of nitrogens with two attached hydrogens (primary N) is 1. The van der Waals surface area contributed by atoms with Gasteiger partial charge >= 0.3 is 6.18 Å². The van der Waals surface area contributed by atoms with Crippen molar-refractivity contribution in [2.24, 2.45) is 5.73 Å². The first kappa shape index (κ1) is 24.8. The van der Waals surface area contributed by atoms with Crippen LogP contribution in [-0.2, 0) is 15.7 Å². The third-order valence-electron chi connectivity index (χ3n) is 5.50. The molecule has 1 fully saturated rings. The number of amides is 2. The molecule has 3 rings (SSSR count). The molecule has 178 valence electrons. The lowest BCUT2D eigenvalue weighted by Crippen LogP contribution is -2.37. The number of carbonyl (C=O) groups excluding carboxylic acids is 2. The molecule has 0 aliphatic carbocycles. The van der Waals surface area contributed by atoms with E-state index in [2.05, 4.69) is 10.3 Å². The standard InChI is InChI=1S/C22H25F3N4O3S/c1-12-13(2)19(20(26)31)21(27-14(12)3)33-11-18(30)28-16-10-15(22(23,24)25)4-5-17(16)29-6-8-32-9-7-29/h4-5,10H,6-9,11H2,1-3H3,(H2,26,31)(H,28,30). The number of thioether (sulfide) groups is 1. The molecule has 11 heteroatoms. The molecule has 0 unspecified atom stereocenters. The fraction of sp³-hybridized carbons (Fsp3) is 0.409. The fourth-order valence-corrected chi connectivity index (χ4v) is 4.46. The van der Waals surface area contributed by atoms with E-state index in [9.17, 15) is 22.8 Å². The number of nitrogens with one attached hydrogen (secondary N) is 1. The van der Waals surface area contributed by atoms with Gasteiger partial charge in [-0.2, -0.15) is 13.2 Å². The van der Waals surface area contributed by atoms with E-state index in [0.717, 1.165) is 29.5 Å². The summed E-state index contributed by atoms with van der Waals surface area (Å²) in [5.74, 6) is -1.34. The number of morpholine rings is 1. The molecular formula is C22H25F3N4O3S.